The first kappa shape index (κ1) is 36.3. The number of pyridine rings is 1. The monoisotopic (exact) mass is 689 g/mol. The topological polar surface area (TPSA) is 152 Å². The summed E-state index contributed by atoms with van der Waals surface area (Å²) in [6, 6.07) is 23.2. The summed E-state index contributed by atoms with van der Waals surface area (Å²) in [6.07, 6.45) is 0. The average molecular weight is 690 g/mol. The molecule has 51 heavy (non-hydrogen) atoms. The van der Waals surface area contributed by atoms with Crippen LogP contribution in [0, 0.1) is 27.7 Å². The van der Waals surface area contributed by atoms with Gasteiger partial charge in [0, 0.05) is 5.39 Å². The van der Waals surface area contributed by atoms with Gasteiger partial charge in [0.25, 0.3) is 11.1 Å². The minimum atomic E-state index is -0.571. The molecular formula is C40H43N5O6. The number of fused-ring (bicyclic) bond motifs is 1. The molecule has 0 saturated heterocycles. The zero-order chi connectivity index (χ0) is 37.0. The lowest BCUT2D eigenvalue weighted by molar-refractivity contribution is 0.409. The van der Waals surface area contributed by atoms with Crippen molar-refractivity contribution in [3.63, 3.8) is 0 Å². The van der Waals surface area contributed by atoms with Gasteiger partial charge in [0.2, 0.25) is 11.8 Å². The second kappa shape index (κ2) is 15.3. The number of aromatic amines is 3. The summed E-state index contributed by atoms with van der Waals surface area (Å²) in [7, 11) is 0. The van der Waals surface area contributed by atoms with Crippen molar-refractivity contribution in [2.75, 3.05) is 0 Å². The third-order valence-electron chi connectivity index (χ3n) is 8.08. The van der Waals surface area contributed by atoms with E-state index < -0.39 is 22.5 Å². The summed E-state index contributed by atoms with van der Waals surface area (Å²) < 4.78 is 13.4. The van der Waals surface area contributed by atoms with Crippen molar-refractivity contribution in [1.29, 1.82) is 0 Å². The molecule has 0 saturated carbocycles. The first-order chi connectivity index (χ1) is 24.2. The number of nitrogens with one attached hydrogen (secondary N) is 3. The fraction of sp³-hybridized carbons (Fsp3) is 0.275. The third-order valence-corrected chi connectivity index (χ3v) is 8.08. The van der Waals surface area contributed by atoms with E-state index >= 15 is 0 Å². The second-order valence-electron chi connectivity index (χ2n) is 13.4. The highest BCUT2D eigenvalue weighted by Gasteiger charge is 2.21. The van der Waals surface area contributed by atoms with E-state index in [9.17, 15) is 19.2 Å². The molecular weight excluding hydrogens is 646 g/mol. The van der Waals surface area contributed by atoms with Crippen LogP contribution < -0.4 is 32.0 Å². The predicted octanol–water partition coefficient (Wildman–Crippen LogP) is 7.26. The maximum absolute atomic E-state index is 12.8. The van der Waals surface area contributed by atoms with E-state index in [1.807, 2.05) is 128 Å². The van der Waals surface area contributed by atoms with Crippen LogP contribution in [0.1, 0.15) is 78.6 Å². The number of aromatic nitrogens is 5. The van der Waals surface area contributed by atoms with Gasteiger partial charge < -0.3 is 9.47 Å². The fourth-order valence-electron chi connectivity index (χ4n) is 5.98. The first-order valence-electron chi connectivity index (χ1n) is 16.8. The lowest BCUT2D eigenvalue weighted by atomic mass is 10.1. The lowest BCUT2D eigenvalue weighted by Crippen LogP contribution is -2.34. The van der Waals surface area contributed by atoms with E-state index in [1.54, 1.807) is 0 Å². The van der Waals surface area contributed by atoms with Crippen molar-refractivity contribution in [1.82, 2.24) is 24.5 Å². The Morgan fingerprint density at radius 3 is 1.78 bits per heavy atom. The minimum absolute atomic E-state index is 0.0588. The first-order valence-corrected chi connectivity index (χ1v) is 16.8. The molecule has 0 bridgehead atoms. The van der Waals surface area contributed by atoms with Crippen molar-refractivity contribution in [2.45, 2.75) is 73.8 Å². The maximum atomic E-state index is 12.8. The highest BCUT2D eigenvalue weighted by molar-refractivity contribution is 5.78. The van der Waals surface area contributed by atoms with Gasteiger partial charge in [-0.1, -0.05) is 64.1 Å². The highest BCUT2D eigenvalue weighted by Crippen LogP contribution is 2.29. The molecule has 0 aliphatic heterocycles. The molecule has 0 aliphatic carbocycles. The Bertz CT molecular complexity index is 2410. The number of nitrogens with zero attached hydrogens (tertiary/aromatic N) is 2. The van der Waals surface area contributed by atoms with Crippen LogP contribution in [0.15, 0.2) is 92.0 Å². The number of para-hydroxylation sites is 1. The van der Waals surface area contributed by atoms with Crippen molar-refractivity contribution in [3.05, 3.63) is 154 Å². The van der Waals surface area contributed by atoms with Crippen LogP contribution >= 0.6 is 0 Å². The second-order valence-corrected chi connectivity index (χ2v) is 13.4. The Hall–Kier alpha value is -5.97. The maximum Gasteiger partial charge on any atom is 0.331 e. The molecule has 6 aromatic rings. The van der Waals surface area contributed by atoms with Crippen LogP contribution in [0.4, 0.5) is 0 Å². The van der Waals surface area contributed by atoms with Gasteiger partial charge in [0.1, 0.15) is 11.5 Å². The van der Waals surface area contributed by atoms with Crippen LogP contribution in [0.25, 0.3) is 10.9 Å². The number of benzene rings is 3. The summed E-state index contributed by atoms with van der Waals surface area (Å²) in [5, 5.41) is 1.02. The molecule has 0 spiro atoms. The van der Waals surface area contributed by atoms with Gasteiger partial charge in [-0.25, -0.2) is 9.59 Å². The Morgan fingerprint density at radius 2 is 1.20 bits per heavy atom. The zero-order valence-electron chi connectivity index (χ0n) is 30.1. The summed E-state index contributed by atoms with van der Waals surface area (Å²) in [6.45, 7) is 15.6. The van der Waals surface area contributed by atoms with E-state index in [4.69, 9.17) is 9.47 Å². The van der Waals surface area contributed by atoms with Gasteiger partial charge in [-0.2, -0.15) is 0 Å². The SMILES string of the molecule is Cc1cc(C)cc(Oc2[nH]c(=O)[nH]c(=O)c2C(C)C)c1.Cc1cc(C)cc(Oc2c(C(C)C)c(=O)[nH]c(=O)n2Cc2ccc3ccccc3n2)c1. The van der Waals surface area contributed by atoms with Crippen LogP contribution in [0.3, 0.4) is 0 Å². The number of hydrogen-bond donors (Lipinski definition) is 3. The molecule has 3 aromatic heterocycles. The largest absolute Gasteiger partial charge is 0.440 e. The Morgan fingerprint density at radius 1 is 0.647 bits per heavy atom. The minimum Gasteiger partial charge on any atom is -0.440 e. The standard InChI is InChI=1S/C25H25N3O3.C15H18N2O3/c1-15(2)22-23(29)27-25(30)28(24(22)31-20-12-16(3)11-17(4)13-20)14-19-10-9-18-7-5-6-8-21(18)26-19;1-8(2)12-13(18)16-15(19)17-14(12)20-11-6-9(3)5-10(4)7-11/h5-13,15H,14H2,1-4H3,(H,27,29,30);5-8H,1-4H3,(H2,16,17,18,19). The number of H-pyrrole nitrogens is 3. The summed E-state index contributed by atoms with van der Waals surface area (Å²) >= 11 is 0. The highest BCUT2D eigenvalue weighted by atomic mass is 16.5. The Kier molecular flexibility index (Phi) is 10.9. The van der Waals surface area contributed by atoms with Gasteiger partial charge in [-0.05, 0) is 98.2 Å². The van der Waals surface area contributed by atoms with Crippen LogP contribution in [0.2, 0.25) is 0 Å². The third kappa shape index (κ3) is 8.80. The Labute approximate surface area is 295 Å². The lowest BCUT2D eigenvalue weighted by Gasteiger charge is -2.18. The Balaban J connectivity index is 0.000000218. The average Bonchev–Trinajstić information content (AvgIpc) is 3.01. The van der Waals surface area contributed by atoms with E-state index in [2.05, 4.69) is 19.9 Å². The van der Waals surface area contributed by atoms with E-state index in [0.717, 1.165) is 33.2 Å². The van der Waals surface area contributed by atoms with Gasteiger partial charge >= 0.3 is 11.4 Å². The van der Waals surface area contributed by atoms with Gasteiger partial charge in [0.05, 0.1) is 28.9 Å². The normalized spacial score (nSPS) is 11.1. The molecule has 0 fully saturated rings. The molecule has 0 aliphatic rings. The van der Waals surface area contributed by atoms with Crippen molar-refractivity contribution in [3.8, 4) is 23.3 Å². The quantitative estimate of drug-likeness (QED) is 0.152. The molecule has 0 unspecified atom stereocenters. The molecule has 11 nitrogen and oxygen atoms in total. The number of ether oxygens (including phenoxy) is 2. The van der Waals surface area contributed by atoms with Crippen LogP contribution in [0.5, 0.6) is 23.3 Å². The summed E-state index contributed by atoms with van der Waals surface area (Å²) in [5.41, 5.74) is 4.66. The molecule has 0 amide bonds. The van der Waals surface area contributed by atoms with E-state index in [-0.39, 0.29) is 30.1 Å². The predicted molar refractivity (Wildman–Crippen MR) is 200 cm³/mol. The molecule has 3 aromatic carbocycles. The smallest absolute Gasteiger partial charge is 0.331 e. The molecule has 6 rings (SSSR count). The van der Waals surface area contributed by atoms with Gasteiger partial charge in [-0.3, -0.25) is 34.1 Å². The van der Waals surface area contributed by atoms with Crippen LogP contribution in [-0.4, -0.2) is 24.5 Å². The van der Waals surface area contributed by atoms with Gasteiger partial charge in [0.15, 0.2) is 0 Å². The fourth-order valence-corrected chi connectivity index (χ4v) is 5.98. The van der Waals surface area contributed by atoms with Gasteiger partial charge in [-0.15, -0.1) is 0 Å². The van der Waals surface area contributed by atoms with Crippen LogP contribution in [-0.2, 0) is 6.54 Å². The van der Waals surface area contributed by atoms with Crippen molar-refractivity contribution >= 4 is 10.9 Å². The van der Waals surface area contributed by atoms with Crippen molar-refractivity contribution in [2.24, 2.45) is 0 Å². The van der Waals surface area contributed by atoms with E-state index in [1.165, 1.54) is 4.57 Å². The van der Waals surface area contributed by atoms with Crippen molar-refractivity contribution < 1.29 is 9.47 Å². The zero-order valence-corrected chi connectivity index (χ0v) is 30.1. The summed E-state index contributed by atoms with van der Waals surface area (Å²) in [4.78, 5) is 60.6. The number of rotatable bonds is 8. The molecule has 3 heterocycles. The molecule has 11 heteroatoms. The molecule has 0 radical (unpaired) electrons. The number of aryl methyl sites for hydroxylation is 4. The molecule has 0 atom stereocenters. The summed E-state index contributed by atoms with van der Waals surface area (Å²) in [5.74, 6) is 1.45. The number of hydrogen-bond acceptors (Lipinski definition) is 7. The molecule has 264 valence electrons. The molecule has 3 N–H and O–H groups in total. The van der Waals surface area contributed by atoms with E-state index in [0.29, 0.717) is 28.3 Å².